The molecule has 428 valence electrons. The van der Waals surface area contributed by atoms with Crippen molar-refractivity contribution in [3.05, 3.63) is 314 Å². The third kappa shape index (κ3) is 8.94. The summed E-state index contributed by atoms with van der Waals surface area (Å²) in [5.74, 6) is 1.22. The summed E-state index contributed by atoms with van der Waals surface area (Å²) in [6.45, 7) is 15.0. The van der Waals surface area contributed by atoms with E-state index < -0.39 is 0 Å². The average molecular weight is 1180 g/mol. The zero-order valence-corrected chi connectivity index (χ0v) is 49.1. The predicted octanol–water partition coefficient (Wildman–Crippen LogP) is 22.0. The lowest BCUT2D eigenvalue weighted by atomic mass is 10.00. The molecule has 0 N–H and O–H groups in total. The van der Waals surface area contributed by atoms with Crippen LogP contribution in [0.3, 0.4) is 0 Å². The summed E-state index contributed by atoms with van der Waals surface area (Å²) < 4.78 is 17.8. The molecule has 0 aliphatic heterocycles. The Morgan fingerprint density at radius 2 is 0.674 bits per heavy atom. The van der Waals surface area contributed by atoms with Gasteiger partial charge in [0.15, 0.2) is 34.2 Å². The highest BCUT2D eigenvalue weighted by atomic mass is 16.3. The van der Waals surface area contributed by atoms with E-state index in [2.05, 4.69) is 177 Å². The third-order valence-electron chi connectivity index (χ3n) is 17.3. The average Bonchev–Trinajstić information content (AvgIpc) is 1.80. The topological polar surface area (TPSA) is 96.4 Å². The number of rotatable bonds is 8. The minimum absolute atomic E-state index is 0.546. The van der Waals surface area contributed by atoms with E-state index in [0.717, 1.165) is 88.9 Å². The third-order valence-corrected chi connectivity index (χ3v) is 17.3. The summed E-state index contributed by atoms with van der Waals surface area (Å²) in [4.78, 5) is 27.5. The van der Waals surface area contributed by atoms with E-state index in [9.17, 15) is 0 Å². The Morgan fingerprint density at radius 1 is 0.293 bits per heavy atom. The molecule has 10 heteroatoms. The number of hydrogen-bond donors (Lipinski definition) is 0. The lowest BCUT2D eigenvalue weighted by Gasteiger charge is -2.11. The number of fused-ring (bicyclic) bond motifs is 12. The minimum atomic E-state index is 0.546. The van der Waals surface area contributed by atoms with Crippen LogP contribution in [0.1, 0.15) is 0 Å². The Morgan fingerprint density at radius 3 is 1.12 bits per heavy atom. The summed E-state index contributed by atoms with van der Waals surface area (Å²) in [7, 11) is 0. The highest BCUT2D eigenvalue weighted by molar-refractivity contribution is 6.16. The van der Waals surface area contributed by atoms with E-state index >= 15 is 0 Å². The molecule has 6 aromatic heterocycles. The van der Waals surface area contributed by atoms with Crippen molar-refractivity contribution in [2.75, 3.05) is 0 Å². The number of para-hydroxylation sites is 4. The van der Waals surface area contributed by atoms with Crippen LogP contribution in [0.4, 0.5) is 11.4 Å². The Hall–Kier alpha value is -13.0. The maximum atomic E-state index is 7.58. The van der Waals surface area contributed by atoms with Crippen LogP contribution in [-0.4, -0.2) is 29.1 Å². The summed E-state index contributed by atoms with van der Waals surface area (Å²) in [6.07, 6.45) is 0. The van der Waals surface area contributed by atoms with Crippen molar-refractivity contribution in [3.8, 4) is 78.9 Å². The first kappa shape index (κ1) is 53.2. The Balaban J connectivity index is 0.000000141. The van der Waals surface area contributed by atoms with Crippen LogP contribution in [0, 0.1) is 13.1 Å². The van der Waals surface area contributed by atoms with Gasteiger partial charge in [0.1, 0.15) is 33.6 Å². The van der Waals surface area contributed by atoms with Crippen molar-refractivity contribution in [1.82, 2.24) is 29.1 Å². The number of aromatic nitrogens is 6. The predicted molar refractivity (Wildman–Crippen MR) is 372 cm³/mol. The van der Waals surface area contributed by atoms with Crippen LogP contribution in [-0.2, 0) is 0 Å². The van der Waals surface area contributed by atoms with E-state index in [0.29, 0.717) is 45.6 Å². The fourth-order valence-corrected chi connectivity index (χ4v) is 13.1. The maximum absolute atomic E-state index is 7.58. The van der Waals surface area contributed by atoms with Crippen LogP contribution in [0.25, 0.3) is 176 Å². The molecule has 0 atom stereocenters. The van der Waals surface area contributed by atoms with Crippen molar-refractivity contribution < 1.29 is 8.83 Å². The molecule has 0 fully saturated rings. The molecule has 6 heterocycles. The van der Waals surface area contributed by atoms with Crippen LogP contribution in [0.2, 0.25) is 0 Å². The molecule has 0 saturated heterocycles. The largest absolute Gasteiger partial charge is 0.452 e. The Kier molecular flexibility index (Phi) is 12.7. The fourth-order valence-electron chi connectivity index (χ4n) is 13.1. The molecule has 0 aliphatic rings. The van der Waals surface area contributed by atoms with Gasteiger partial charge in [0, 0.05) is 49.6 Å². The Bertz CT molecular complexity index is 5940. The quantitative estimate of drug-likeness (QED) is 0.141. The molecule has 0 aliphatic carbocycles. The van der Waals surface area contributed by atoms with Gasteiger partial charge in [-0.15, -0.1) is 0 Å². The highest BCUT2D eigenvalue weighted by Gasteiger charge is 2.24. The second-order valence-electron chi connectivity index (χ2n) is 22.6. The zero-order chi connectivity index (χ0) is 61.2. The lowest BCUT2D eigenvalue weighted by molar-refractivity contribution is 0.667. The highest BCUT2D eigenvalue weighted by Crippen LogP contribution is 2.44. The molecule has 0 amide bonds. The SMILES string of the molecule is [C-]#[N+]c1ccc(-c2nc(-c3ccccc3)nc3c2oc2cccc(-c4cccc(-n5c6ccccc6c6ccccc65)c4)c23)cc1.[C-]#[N+]c1cccc(-c2nc(-c3ccccc3)nc3c2oc2cccc(-c4cccc(-n5c6ccccc6c6ccccc65)c4)c23)c1. The molecule has 10 nitrogen and oxygen atoms in total. The second kappa shape index (κ2) is 22.0. The summed E-state index contributed by atoms with van der Waals surface area (Å²) in [6, 6.07) is 98.8. The summed E-state index contributed by atoms with van der Waals surface area (Å²) in [5.41, 5.74) is 21.2. The van der Waals surface area contributed by atoms with Crippen LogP contribution < -0.4 is 0 Å². The molecule has 18 aromatic rings. The van der Waals surface area contributed by atoms with Crippen molar-refractivity contribution >= 4 is 99.1 Å². The Labute approximate surface area is 527 Å². The van der Waals surface area contributed by atoms with Gasteiger partial charge in [0.25, 0.3) is 0 Å². The van der Waals surface area contributed by atoms with E-state index in [-0.39, 0.29) is 0 Å². The maximum Gasteiger partial charge on any atom is 0.187 e. The molecule has 92 heavy (non-hydrogen) atoms. The molecule has 0 unspecified atom stereocenters. The first-order chi connectivity index (χ1) is 45.5. The number of furan rings is 2. The van der Waals surface area contributed by atoms with Crippen LogP contribution in [0.5, 0.6) is 0 Å². The molecule has 0 spiro atoms. The van der Waals surface area contributed by atoms with Crippen molar-refractivity contribution in [2.24, 2.45) is 0 Å². The van der Waals surface area contributed by atoms with Gasteiger partial charge < -0.3 is 18.0 Å². The van der Waals surface area contributed by atoms with Gasteiger partial charge in [0.2, 0.25) is 0 Å². The normalized spacial score (nSPS) is 11.5. The first-order valence-electron chi connectivity index (χ1n) is 30.2. The molecule has 0 radical (unpaired) electrons. The number of benzene rings is 12. The number of nitrogens with zero attached hydrogens (tertiary/aromatic N) is 8. The van der Waals surface area contributed by atoms with Gasteiger partial charge in [-0.1, -0.05) is 224 Å². The standard InChI is InChI=1S/2C41H24N4O/c1-42-29-16-9-15-28(24-29)38-40-39(44-41(43-38)26-12-3-2-4-13-26)37-31(20-11-23-36(37)46-40)27-14-10-17-30(25-27)45-34-21-7-5-18-32(34)33-19-6-8-22-35(33)45;1-42-29-23-21-26(22-24-29)38-40-39(44-41(43-38)27-11-3-2-4-12-27)37-31(17-10-20-36(37)46-40)28-13-9-14-30(25-28)45-34-18-7-5-15-32(34)33-16-6-8-19-35(33)45/h2*2-25H. The monoisotopic (exact) mass is 1180 g/mol. The van der Waals surface area contributed by atoms with Gasteiger partial charge in [0.05, 0.1) is 46.0 Å². The van der Waals surface area contributed by atoms with Gasteiger partial charge in [-0.25, -0.2) is 29.6 Å². The van der Waals surface area contributed by atoms with Gasteiger partial charge in [-0.2, -0.15) is 0 Å². The molecular weight excluding hydrogens is 1130 g/mol. The van der Waals surface area contributed by atoms with Gasteiger partial charge in [-0.05, 0) is 94.5 Å². The lowest BCUT2D eigenvalue weighted by Crippen LogP contribution is -1.95. The van der Waals surface area contributed by atoms with Crippen molar-refractivity contribution in [1.29, 1.82) is 0 Å². The fraction of sp³-hybridized carbons (Fsp3) is 0. The van der Waals surface area contributed by atoms with Gasteiger partial charge >= 0.3 is 0 Å². The van der Waals surface area contributed by atoms with E-state index in [4.69, 9.17) is 41.9 Å². The van der Waals surface area contributed by atoms with E-state index in [1.807, 2.05) is 127 Å². The molecule has 0 bridgehead atoms. The smallest absolute Gasteiger partial charge is 0.187 e. The molecular formula is C82H48N8O2. The minimum Gasteiger partial charge on any atom is -0.452 e. The van der Waals surface area contributed by atoms with Gasteiger partial charge in [-0.3, -0.25) is 0 Å². The summed E-state index contributed by atoms with van der Waals surface area (Å²) in [5, 5.41) is 6.79. The number of hydrogen-bond acceptors (Lipinski definition) is 6. The van der Waals surface area contributed by atoms with Crippen LogP contribution in [0.15, 0.2) is 300 Å². The van der Waals surface area contributed by atoms with E-state index in [1.54, 1.807) is 6.07 Å². The van der Waals surface area contributed by atoms with Crippen LogP contribution >= 0.6 is 0 Å². The zero-order valence-electron chi connectivity index (χ0n) is 49.1. The van der Waals surface area contributed by atoms with Crippen molar-refractivity contribution in [3.63, 3.8) is 0 Å². The molecule has 18 rings (SSSR count). The summed E-state index contributed by atoms with van der Waals surface area (Å²) >= 11 is 0. The van der Waals surface area contributed by atoms with Crippen molar-refractivity contribution in [2.45, 2.75) is 0 Å². The van der Waals surface area contributed by atoms with E-state index in [1.165, 1.54) is 43.6 Å². The first-order valence-corrected chi connectivity index (χ1v) is 30.2. The molecule has 0 saturated carbocycles. The molecule has 12 aromatic carbocycles. The second-order valence-corrected chi connectivity index (χ2v) is 22.6.